The van der Waals surface area contributed by atoms with E-state index in [0.29, 0.717) is 0 Å². The number of hydrogen-bond acceptors (Lipinski definition) is 4. The first-order valence-electron chi connectivity index (χ1n) is 4.23. The zero-order chi connectivity index (χ0) is 9.90. The van der Waals surface area contributed by atoms with Crippen molar-refractivity contribution in [2.45, 2.75) is 26.2 Å². The molecule has 1 aromatic rings. The van der Waals surface area contributed by atoms with Gasteiger partial charge in [-0.1, -0.05) is 26.8 Å². The molecule has 1 rings (SSSR count). The number of rotatable bonds is 3. The maximum absolute atomic E-state index is 4.37. The topological polar surface area (TPSA) is 37.8 Å². The van der Waals surface area contributed by atoms with Crippen LogP contribution in [-0.2, 0) is 5.41 Å². The molecule has 0 unspecified atom stereocenters. The van der Waals surface area contributed by atoms with Gasteiger partial charge in [-0.05, 0) is 0 Å². The second-order valence-corrected chi connectivity index (χ2v) is 4.59. The summed E-state index contributed by atoms with van der Waals surface area (Å²) in [5, 5.41) is 3.98. The Morgan fingerprint density at radius 3 is 2.69 bits per heavy atom. The number of nitrogens with one attached hydrogen (secondary N) is 1. The van der Waals surface area contributed by atoms with Crippen molar-refractivity contribution in [2.24, 2.45) is 0 Å². The van der Waals surface area contributed by atoms with Gasteiger partial charge in [-0.3, -0.25) is 0 Å². The van der Waals surface area contributed by atoms with Gasteiger partial charge in [-0.15, -0.1) is 6.58 Å². The van der Waals surface area contributed by atoms with Crippen LogP contribution in [0.25, 0.3) is 0 Å². The molecule has 1 N–H and O–H groups in total. The molecule has 0 saturated heterocycles. The van der Waals surface area contributed by atoms with E-state index in [1.54, 1.807) is 6.08 Å². The minimum Gasteiger partial charge on any atom is -0.357 e. The molecule has 0 atom stereocenters. The number of anilines is 1. The molecule has 0 bridgehead atoms. The van der Waals surface area contributed by atoms with Gasteiger partial charge in [0.1, 0.15) is 5.82 Å². The van der Waals surface area contributed by atoms with Crippen LogP contribution >= 0.6 is 11.5 Å². The molecule has 0 amide bonds. The summed E-state index contributed by atoms with van der Waals surface area (Å²) < 4.78 is 4.27. The molecule has 0 aliphatic rings. The fourth-order valence-electron chi connectivity index (χ4n) is 0.759. The smallest absolute Gasteiger partial charge is 0.202 e. The molecule has 13 heavy (non-hydrogen) atoms. The molecule has 0 aliphatic carbocycles. The second-order valence-electron chi connectivity index (χ2n) is 3.84. The van der Waals surface area contributed by atoms with Gasteiger partial charge in [0.15, 0.2) is 0 Å². The van der Waals surface area contributed by atoms with Crippen LogP contribution in [0.5, 0.6) is 0 Å². The van der Waals surface area contributed by atoms with E-state index in [9.17, 15) is 0 Å². The van der Waals surface area contributed by atoms with Crippen molar-refractivity contribution in [3.05, 3.63) is 18.5 Å². The van der Waals surface area contributed by atoms with Gasteiger partial charge in [0.2, 0.25) is 5.13 Å². The Bertz CT molecular complexity index is 285. The summed E-state index contributed by atoms with van der Waals surface area (Å²) in [6, 6.07) is 0. The summed E-state index contributed by atoms with van der Waals surface area (Å²) in [7, 11) is 0. The van der Waals surface area contributed by atoms with E-state index in [1.807, 2.05) is 0 Å². The van der Waals surface area contributed by atoms with Crippen LogP contribution in [-0.4, -0.2) is 15.9 Å². The van der Waals surface area contributed by atoms with Crippen molar-refractivity contribution < 1.29 is 0 Å². The zero-order valence-corrected chi connectivity index (χ0v) is 9.11. The molecule has 4 heteroatoms. The lowest BCUT2D eigenvalue weighted by Gasteiger charge is -2.12. The lowest BCUT2D eigenvalue weighted by molar-refractivity contribution is 0.555. The van der Waals surface area contributed by atoms with Gasteiger partial charge in [0.25, 0.3) is 0 Å². The van der Waals surface area contributed by atoms with Crippen LogP contribution in [0.1, 0.15) is 26.6 Å². The number of nitrogens with zero attached hydrogens (tertiary/aromatic N) is 2. The predicted molar refractivity (Wildman–Crippen MR) is 57.3 cm³/mol. The Morgan fingerprint density at radius 2 is 2.23 bits per heavy atom. The lowest BCUT2D eigenvalue weighted by atomic mass is 9.96. The van der Waals surface area contributed by atoms with Crippen molar-refractivity contribution in [1.29, 1.82) is 0 Å². The predicted octanol–water partition coefficient (Wildman–Crippen LogP) is 2.43. The molecule has 1 aromatic heterocycles. The number of aromatic nitrogens is 2. The Balaban J connectivity index is 2.69. The van der Waals surface area contributed by atoms with Gasteiger partial charge < -0.3 is 5.32 Å². The normalized spacial score (nSPS) is 11.3. The first-order valence-corrected chi connectivity index (χ1v) is 5.00. The van der Waals surface area contributed by atoms with Gasteiger partial charge in [-0.2, -0.15) is 4.37 Å². The zero-order valence-electron chi connectivity index (χ0n) is 8.29. The van der Waals surface area contributed by atoms with Crippen molar-refractivity contribution in [1.82, 2.24) is 9.36 Å². The van der Waals surface area contributed by atoms with E-state index in [4.69, 9.17) is 0 Å². The maximum atomic E-state index is 4.37. The molecule has 72 valence electrons. The van der Waals surface area contributed by atoms with Crippen LogP contribution in [0.2, 0.25) is 0 Å². The van der Waals surface area contributed by atoms with Crippen LogP contribution < -0.4 is 5.32 Å². The largest absolute Gasteiger partial charge is 0.357 e. The third-order valence-electron chi connectivity index (χ3n) is 1.49. The van der Waals surface area contributed by atoms with Crippen LogP contribution in [0, 0.1) is 0 Å². The third-order valence-corrected chi connectivity index (χ3v) is 2.17. The minimum atomic E-state index is 0.0324. The fourth-order valence-corrected chi connectivity index (χ4v) is 1.52. The van der Waals surface area contributed by atoms with Gasteiger partial charge in [0.05, 0.1) is 0 Å². The van der Waals surface area contributed by atoms with Crippen LogP contribution in [0.15, 0.2) is 12.7 Å². The maximum Gasteiger partial charge on any atom is 0.202 e. The Hall–Kier alpha value is -0.900. The highest BCUT2D eigenvalue weighted by Crippen LogP contribution is 2.22. The van der Waals surface area contributed by atoms with Crippen molar-refractivity contribution in [3.8, 4) is 0 Å². The molecule has 0 spiro atoms. The third kappa shape index (κ3) is 2.81. The molecular weight excluding hydrogens is 182 g/mol. The summed E-state index contributed by atoms with van der Waals surface area (Å²) in [4.78, 5) is 4.37. The Morgan fingerprint density at radius 1 is 1.54 bits per heavy atom. The van der Waals surface area contributed by atoms with Gasteiger partial charge in [-0.25, -0.2) is 4.98 Å². The first-order chi connectivity index (χ1) is 6.04. The molecule has 0 radical (unpaired) electrons. The fraction of sp³-hybridized carbons (Fsp3) is 0.556. The summed E-state index contributed by atoms with van der Waals surface area (Å²) in [5.41, 5.74) is 0.0324. The summed E-state index contributed by atoms with van der Waals surface area (Å²) in [5.74, 6) is 0.893. The van der Waals surface area contributed by atoms with E-state index < -0.39 is 0 Å². The van der Waals surface area contributed by atoms with Crippen molar-refractivity contribution in [3.63, 3.8) is 0 Å². The summed E-state index contributed by atoms with van der Waals surface area (Å²) in [6.45, 7) is 10.7. The lowest BCUT2D eigenvalue weighted by Crippen LogP contribution is -2.13. The van der Waals surface area contributed by atoms with Crippen LogP contribution in [0.4, 0.5) is 5.13 Å². The van der Waals surface area contributed by atoms with Crippen molar-refractivity contribution >= 4 is 16.7 Å². The molecule has 1 heterocycles. The molecule has 3 nitrogen and oxygen atoms in total. The molecular formula is C9H15N3S. The highest BCUT2D eigenvalue weighted by atomic mass is 32.1. The standard InChI is InChI=1S/C9H15N3S/c1-5-6-10-8-11-7(12-13-8)9(2,3)4/h5H,1,6H2,2-4H3,(H,10,11,12). The highest BCUT2D eigenvalue weighted by molar-refractivity contribution is 7.09. The minimum absolute atomic E-state index is 0.0324. The van der Waals surface area contributed by atoms with E-state index in [-0.39, 0.29) is 5.41 Å². The average Bonchev–Trinajstić information content (AvgIpc) is 2.47. The van der Waals surface area contributed by atoms with Crippen LogP contribution in [0.3, 0.4) is 0 Å². The summed E-state index contributed by atoms with van der Waals surface area (Å²) >= 11 is 1.40. The average molecular weight is 197 g/mol. The highest BCUT2D eigenvalue weighted by Gasteiger charge is 2.19. The molecule has 0 aromatic carbocycles. The monoisotopic (exact) mass is 197 g/mol. The first kappa shape index (κ1) is 10.2. The second kappa shape index (κ2) is 3.87. The summed E-state index contributed by atoms with van der Waals surface area (Å²) in [6.07, 6.45) is 1.80. The van der Waals surface area contributed by atoms with E-state index >= 15 is 0 Å². The SMILES string of the molecule is C=CCNc1nc(C(C)(C)C)ns1. The van der Waals surface area contributed by atoms with Gasteiger partial charge >= 0.3 is 0 Å². The molecule has 0 saturated carbocycles. The van der Waals surface area contributed by atoms with Gasteiger partial charge in [0, 0.05) is 23.5 Å². The molecule has 0 aliphatic heterocycles. The van der Waals surface area contributed by atoms with E-state index in [1.165, 1.54) is 11.5 Å². The van der Waals surface area contributed by atoms with E-state index in [0.717, 1.165) is 17.5 Å². The quantitative estimate of drug-likeness (QED) is 0.756. The number of hydrogen-bond donors (Lipinski definition) is 1. The Kier molecular flexibility index (Phi) is 3.03. The van der Waals surface area contributed by atoms with Crippen molar-refractivity contribution in [2.75, 3.05) is 11.9 Å². The van der Waals surface area contributed by atoms with E-state index in [2.05, 4.69) is 42.0 Å². The Labute approximate surface area is 83.1 Å². The molecule has 0 fully saturated rings.